The zero-order valence-electron chi connectivity index (χ0n) is 17.9. The molecular weight excluding hydrogens is 434 g/mol. The van der Waals surface area contributed by atoms with Crippen molar-refractivity contribution in [1.29, 1.82) is 0 Å². The number of esters is 1. The van der Waals surface area contributed by atoms with E-state index in [1.54, 1.807) is 6.07 Å². The fraction of sp³-hybridized carbons (Fsp3) is 0.435. The van der Waals surface area contributed by atoms with E-state index < -0.39 is 12.0 Å². The number of aliphatic imine (C=N–C) groups is 1. The molecule has 4 rings (SSSR count). The Kier molecular flexibility index (Phi) is 6.44. The second-order valence-electron chi connectivity index (χ2n) is 8.29. The second-order valence-corrected chi connectivity index (χ2v) is 9.54. The number of amidine groups is 1. The van der Waals surface area contributed by atoms with E-state index in [1.165, 1.54) is 24.6 Å². The van der Waals surface area contributed by atoms with E-state index in [9.17, 15) is 9.59 Å². The van der Waals surface area contributed by atoms with Gasteiger partial charge in [0, 0.05) is 17.3 Å². The lowest BCUT2D eigenvalue weighted by Gasteiger charge is -2.36. The lowest BCUT2D eigenvalue weighted by Crippen LogP contribution is -2.38. The van der Waals surface area contributed by atoms with E-state index in [4.69, 9.17) is 16.3 Å². The standard InChI is InChI=1S/C23H26ClN3O3S/c1-13(2)30-22(29)20-14(3)26-23-27(21(20)17-6-4-5-7-18(17)24)16(12-31-23)10-19(28)25-11-15-8-9-15/h4-7,12-13,15,21H,8-11H2,1-3H3,(H,25,28). The molecule has 164 valence electrons. The number of hydrogen-bond acceptors (Lipinski definition) is 6. The molecule has 1 aromatic carbocycles. The maximum absolute atomic E-state index is 13.1. The molecule has 2 heterocycles. The molecule has 1 amide bonds. The number of halogens is 1. The van der Waals surface area contributed by atoms with Gasteiger partial charge in [-0.3, -0.25) is 4.79 Å². The number of nitrogens with one attached hydrogen (secondary N) is 1. The van der Waals surface area contributed by atoms with Crippen molar-refractivity contribution < 1.29 is 14.3 Å². The molecule has 2 aliphatic heterocycles. The van der Waals surface area contributed by atoms with Gasteiger partial charge in [0.15, 0.2) is 5.17 Å². The van der Waals surface area contributed by atoms with E-state index in [0.717, 1.165) is 23.0 Å². The summed E-state index contributed by atoms with van der Waals surface area (Å²) in [6.45, 7) is 6.17. The molecule has 0 aromatic heterocycles. The van der Waals surface area contributed by atoms with Gasteiger partial charge in [0.25, 0.3) is 0 Å². The van der Waals surface area contributed by atoms with Crippen LogP contribution in [0.25, 0.3) is 0 Å². The van der Waals surface area contributed by atoms with Crippen molar-refractivity contribution in [3.63, 3.8) is 0 Å². The molecule has 6 nitrogen and oxygen atoms in total. The number of thioether (sulfide) groups is 1. The van der Waals surface area contributed by atoms with Crippen molar-refractivity contribution in [2.75, 3.05) is 6.54 Å². The lowest BCUT2D eigenvalue weighted by molar-refractivity contribution is -0.143. The summed E-state index contributed by atoms with van der Waals surface area (Å²) in [6.07, 6.45) is 2.32. The van der Waals surface area contributed by atoms with Crippen LogP contribution in [-0.2, 0) is 14.3 Å². The average molecular weight is 460 g/mol. The van der Waals surface area contributed by atoms with Crippen LogP contribution < -0.4 is 5.32 Å². The summed E-state index contributed by atoms with van der Waals surface area (Å²) in [5.41, 5.74) is 2.61. The Labute approximate surface area is 191 Å². The minimum atomic E-state index is -0.509. The van der Waals surface area contributed by atoms with Gasteiger partial charge >= 0.3 is 5.97 Å². The highest BCUT2D eigenvalue weighted by Crippen LogP contribution is 2.46. The first-order chi connectivity index (χ1) is 14.8. The molecule has 8 heteroatoms. The van der Waals surface area contributed by atoms with Crippen LogP contribution >= 0.6 is 23.4 Å². The van der Waals surface area contributed by atoms with Gasteiger partial charge in [-0.05, 0) is 56.6 Å². The summed E-state index contributed by atoms with van der Waals surface area (Å²) in [6, 6.07) is 6.94. The van der Waals surface area contributed by atoms with Crippen molar-refractivity contribution in [3.8, 4) is 0 Å². The summed E-state index contributed by atoms with van der Waals surface area (Å²) in [4.78, 5) is 32.3. The number of amides is 1. The molecule has 1 N–H and O–H groups in total. The molecule has 1 aliphatic carbocycles. The number of nitrogens with zero attached hydrogens (tertiary/aromatic N) is 2. The molecule has 1 aromatic rings. The first kappa shape index (κ1) is 22.0. The quantitative estimate of drug-likeness (QED) is 0.594. The van der Waals surface area contributed by atoms with E-state index in [2.05, 4.69) is 10.3 Å². The fourth-order valence-corrected chi connectivity index (χ4v) is 4.91. The zero-order valence-corrected chi connectivity index (χ0v) is 19.4. The molecule has 0 radical (unpaired) electrons. The zero-order chi connectivity index (χ0) is 22.1. The summed E-state index contributed by atoms with van der Waals surface area (Å²) in [7, 11) is 0. The molecular formula is C23H26ClN3O3S. The molecule has 1 fully saturated rings. The summed E-state index contributed by atoms with van der Waals surface area (Å²) in [5.74, 6) is 0.159. The minimum Gasteiger partial charge on any atom is -0.459 e. The number of benzene rings is 1. The van der Waals surface area contributed by atoms with Gasteiger partial charge in [0.05, 0.1) is 29.8 Å². The summed E-state index contributed by atoms with van der Waals surface area (Å²) >= 11 is 8.02. The maximum Gasteiger partial charge on any atom is 0.338 e. The monoisotopic (exact) mass is 459 g/mol. The van der Waals surface area contributed by atoms with Crippen molar-refractivity contribution in [3.05, 3.63) is 57.2 Å². The number of hydrogen-bond donors (Lipinski definition) is 1. The highest BCUT2D eigenvalue weighted by Gasteiger charge is 2.42. The van der Waals surface area contributed by atoms with E-state index in [1.807, 2.05) is 49.3 Å². The Bertz CT molecular complexity index is 998. The number of allylic oxidation sites excluding steroid dienone is 1. The van der Waals surface area contributed by atoms with Crippen molar-refractivity contribution in [2.45, 2.75) is 52.2 Å². The SMILES string of the molecule is CC1=C(C(=O)OC(C)C)C(c2ccccc2Cl)N2C(CC(=O)NCC3CC3)=CSC2=N1. The van der Waals surface area contributed by atoms with Crippen LogP contribution in [0.4, 0.5) is 0 Å². The second kappa shape index (κ2) is 9.09. The molecule has 0 saturated heterocycles. The molecule has 1 unspecified atom stereocenters. The van der Waals surface area contributed by atoms with Crippen LogP contribution in [0.15, 0.2) is 51.6 Å². The summed E-state index contributed by atoms with van der Waals surface area (Å²) in [5, 5.41) is 6.23. The number of rotatable bonds is 7. The summed E-state index contributed by atoms with van der Waals surface area (Å²) < 4.78 is 5.55. The molecule has 3 aliphatic rings. The first-order valence-corrected chi connectivity index (χ1v) is 11.8. The first-order valence-electron chi connectivity index (χ1n) is 10.5. The van der Waals surface area contributed by atoms with Gasteiger partial charge in [0.2, 0.25) is 5.91 Å². The van der Waals surface area contributed by atoms with Crippen LogP contribution in [0.3, 0.4) is 0 Å². The van der Waals surface area contributed by atoms with Crippen molar-refractivity contribution >= 4 is 40.4 Å². The van der Waals surface area contributed by atoms with Crippen LogP contribution in [0, 0.1) is 5.92 Å². The minimum absolute atomic E-state index is 0.0320. The Morgan fingerprint density at radius 2 is 2.06 bits per heavy atom. The number of ether oxygens (including phenoxy) is 1. The third-order valence-electron chi connectivity index (χ3n) is 5.39. The van der Waals surface area contributed by atoms with Crippen LogP contribution in [0.2, 0.25) is 5.02 Å². The van der Waals surface area contributed by atoms with E-state index in [-0.39, 0.29) is 18.4 Å². The van der Waals surface area contributed by atoms with Gasteiger partial charge in [-0.15, -0.1) is 0 Å². The van der Waals surface area contributed by atoms with E-state index >= 15 is 0 Å². The topological polar surface area (TPSA) is 71.0 Å². The van der Waals surface area contributed by atoms with Crippen LogP contribution in [-0.4, -0.2) is 34.6 Å². The predicted octanol–water partition coefficient (Wildman–Crippen LogP) is 4.78. The Morgan fingerprint density at radius 1 is 1.32 bits per heavy atom. The Hall–Kier alpha value is -2.25. The van der Waals surface area contributed by atoms with Crippen molar-refractivity contribution in [2.24, 2.45) is 10.9 Å². The predicted molar refractivity (Wildman–Crippen MR) is 123 cm³/mol. The van der Waals surface area contributed by atoms with E-state index in [0.29, 0.717) is 22.2 Å². The largest absolute Gasteiger partial charge is 0.459 e. The van der Waals surface area contributed by atoms with Gasteiger partial charge in [-0.2, -0.15) is 0 Å². The molecule has 0 spiro atoms. The number of carbonyl (C=O) groups excluding carboxylic acids is 2. The maximum atomic E-state index is 13.1. The molecule has 31 heavy (non-hydrogen) atoms. The average Bonchev–Trinajstić information content (AvgIpc) is 3.46. The third kappa shape index (κ3) is 4.83. The molecule has 1 saturated carbocycles. The molecule has 1 atom stereocenters. The Morgan fingerprint density at radius 3 is 2.74 bits per heavy atom. The molecule has 0 bridgehead atoms. The third-order valence-corrected chi connectivity index (χ3v) is 6.62. The highest BCUT2D eigenvalue weighted by atomic mass is 35.5. The normalized spacial score (nSPS) is 20.4. The smallest absolute Gasteiger partial charge is 0.338 e. The van der Waals surface area contributed by atoms with Crippen LogP contribution in [0.1, 0.15) is 51.6 Å². The van der Waals surface area contributed by atoms with Gasteiger partial charge < -0.3 is 15.0 Å². The van der Waals surface area contributed by atoms with Gasteiger partial charge in [-0.1, -0.05) is 41.6 Å². The lowest BCUT2D eigenvalue weighted by atomic mass is 9.93. The van der Waals surface area contributed by atoms with Crippen LogP contribution in [0.5, 0.6) is 0 Å². The number of carbonyl (C=O) groups is 2. The highest BCUT2D eigenvalue weighted by molar-refractivity contribution is 8.16. The van der Waals surface area contributed by atoms with Gasteiger partial charge in [-0.25, -0.2) is 9.79 Å². The van der Waals surface area contributed by atoms with Crippen molar-refractivity contribution in [1.82, 2.24) is 10.2 Å². The van der Waals surface area contributed by atoms with Gasteiger partial charge in [0.1, 0.15) is 0 Å². The number of fused-ring (bicyclic) bond motifs is 1. The Balaban J connectivity index is 1.68. The fourth-order valence-electron chi connectivity index (χ4n) is 3.71.